The zero-order valence-corrected chi connectivity index (χ0v) is 17.1. The molecular weight excluding hydrogens is 417 g/mol. The average Bonchev–Trinajstić information content (AvgIpc) is 3.21. The topological polar surface area (TPSA) is 46.1 Å². The predicted molar refractivity (Wildman–Crippen MR) is 108 cm³/mol. The van der Waals surface area contributed by atoms with Crippen LogP contribution in [-0.2, 0) is 5.41 Å². The first-order valence-electron chi connectivity index (χ1n) is 8.53. The summed E-state index contributed by atoms with van der Waals surface area (Å²) in [5.74, 6) is 2.71. The predicted octanol–water partition coefficient (Wildman–Crippen LogP) is 3.37. The van der Waals surface area contributed by atoms with Gasteiger partial charge in [-0.05, 0) is 37.5 Å². The van der Waals surface area contributed by atoms with Crippen LogP contribution >= 0.6 is 24.0 Å². The van der Waals surface area contributed by atoms with Crippen LogP contribution in [0.5, 0.6) is 11.5 Å². The van der Waals surface area contributed by atoms with Crippen LogP contribution < -0.4 is 14.8 Å². The second kappa shape index (κ2) is 8.27. The molecule has 6 heteroatoms. The minimum atomic E-state index is -0.0542. The third-order valence-electron chi connectivity index (χ3n) is 4.52. The van der Waals surface area contributed by atoms with E-state index < -0.39 is 0 Å². The zero-order chi connectivity index (χ0) is 16.3. The van der Waals surface area contributed by atoms with Crippen LogP contribution in [0, 0.1) is 0 Å². The minimum Gasteiger partial charge on any atom is -0.454 e. The smallest absolute Gasteiger partial charge is 0.231 e. The van der Waals surface area contributed by atoms with Crippen molar-refractivity contribution in [2.45, 2.75) is 39.0 Å². The van der Waals surface area contributed by atoms with Gasteiger partial charge in [-0.3, -0.25) is 4.99 Å². The molecule has 1 N–H and O–H groups in total. The van der Waals surface area contributed by atoms with Crippen LogP contribution in [0.4, 0.5) is 0 Å². The molecule has 0 bridgehead atoms. The van der Waals surface area contributed by atoms with E-state index in [2.05, 4.69) is 43.1 Å². The number of aliphatic imine (C=N–C) groups is 1. The first-order valence-corrected chi connectivity index (χ1v) is 8.53. The summed E-state index contributed by atoms with van der Waals surface area (Å²) in [5.41, 5.74) is 1.17. The van der Waals surface area contributed by atoms with Crippen molar-refractivity contribution >= 4 is 29.9 Å². The molecule has 5 nitrogen and oxygen atoms in total. The van der Waals surface area contributed by atoms with Crippen LogP contribution in [0.1, 0.15) is 39.2 Å². The van der Waals surface area contributed by atoms with Gasteiger partial charge < -0.3 is 19.7 Å². The lowest BCUT2D eigenvalue weighted by Gasteiger charge is -2.26. The molecule has 0 radical (unpaired) electrons. The number of nitrogens with one attached hydrogen (secondary N) is 1. The van der Waals surface area contributed by atoms with Crippen molar-refractivity contribution in [3.8, 4) is 11.5 Å². The number of hydrogen-bond acceptors (Lipinski definition) is 3. The first-order chi connectivity index (χ1) is 11.1. The fourth-order valence-corrected chi connectivity index (χ4v) is 3.04. The van der Waals surface area contributed by atoms with Crippen LogP contribution in [0.2, 0.25) is 0 Å². The van der Waals surface area contributed by atoms with Crippen molar-refractivity contribution in [1.82, 2.24) is 10.2 Å². The minimum absolute atomic E-state index is 0. The van der Waals surface area contributed by atoms with Gasteiger partial charge in [0.25, 0.3) is 0 Å². The number of guanidine groups is 1. The molecule has 0 saturated carbocycles. The van der Waals surface area contributed by atoms with Crippen molar-refractivity contribution in [1.29, 1.82) is 0 Å². The number of rotatable bonds is 4. The van der Waals surface area contributed by atoms with E-state index in [9.17, 15) is 0 Å². The van der Waals surface area contributed by atoms with E-state index in [4.69, 9.17) is 14.5 Å². The number of halogens is 1. The molecule has 0 unspecified atom stereocenters. The van der Waals surface area contributed by atoms with Gasteiger partial charge in [-0.15, -0.1) is 24.0 Å². The number of ether oxygens (including phenoxy) is 2. The summed E-state index contributed by atoms with van der Waals surface area (Å²) in [6.07, 6.45) is 2.52. The summed E-state index contributed by atoms with van der Waals surface area (Å²) in [6, 6.07) is 6.20. The van der Waals surface area contributed by atoms with Gasteiger partial charge in [0, 0.05) is 25.0 Å². The van der Waals surface area contributed by atoms with Crippen LogP contribution in [0.15, 0.2) is 23.2 Å². The molecule has 1 aromatic carbocycles. The SMILES string of the molecule is CCNC(=NCC(C)(C)c1ccc2c(c1)OCO2)N1CCCC1.I. The van der Waals surface area contributed by atoms with E-state index in [1.165, 1.54) is 18.4 Å². The second-order valence-corrected chi connectivity index (χ2v) is 6.82. The van der Waals surface area contributed by atoms with E-state index in [1.807, 2.05) is 6.07 Å². The highest BCUT2D eigenvalue weighted by molar-refractivity contribution is 14.0. The van der Waals surface area contributed by atoms with Gasteiger partial charge in [0.05, 0.1) is 6.54 Å². The quantitative estimate of drug-likeness (QED) is 0.439. The van der Waals surface area contributed by atoms with E-state index in [-0.39, 0.29) is 29.4 Å². The Morgan fingerprint density at radius 3 is 2.62 bits per heavy atom. The van der Waals surface area contributed by atoms with Crippen LogP contribution in [0.3, 0.4) is 0 Å². The molecule has 2 aliphatic heterocycles. The van der Waals surface area contributed by atoms with Gasteiger partial charge in [-0.25, -0.2) is 0 Å². The highest BCUT2D eigenvalue weighted by Crippen LogP contribution is 2.36. The van der Waals surface area contributed by atoms with E-state index in [1.54, 1.807) is 0 Å². The Labute approximate surface area is 161 Å². The van der Waals surface area contributed by atoms with Crippen molar-refractivity contribution in [2.24, 2.45) is 4.99 Å². The molecule has 1 fully saturated rings. The van der Waals surface area contributed by atoms with Gasteiger partial charge in [0.2, 0.25) is 6.79 Å². The van der Waals surface area contributed by atoms with Crippen molar-refractivity contribution in [3.63, 3.8) is 0 Å². The van der Waals surface area contributed by atoms with E-state index in [0.29, 0.717) is 6.79 Å². The molecule has 0 aromatic heterocycles. The monoisotopic (exact) mass is 445 g/mol. The molecule has 0 spiro atoms. The molecular formula is C18H28IN3O2. The third-order valence-corrected chi connectivity index (χ3v) is 4.52. The van der Waals surface area contributed by atoms with E-state index >= 15 is 0 Å². The molecule has 2 heterocycles. The largest absolute Gasteiger partial charge is 0.454 e. The zero-order valence-electron chi connectivity index (χ0n) is 14.8. The summed E-state index contributed by atoms with van der Waals surface area (Å²) < 4.78 is 10.9. The number of likely N-dealkylation sites (tertiary alicyclic amines) is 1. The lowest BCUT2D eigenvalue weighted by atomic mass is 9.84. The van der Waals surface area contributed by atoms with Gasteiger partial charge in [0.15, 0.2) is 17.5 Å². The Bertz CT molecular complexity index is 584. The molecule has 2 aliphatic rings. The average molecular weight is 445 g/mol. The normalized spacial score (nSPS) is 17.0. The lowest BCUT2D eigenvalue weighted by Crippen LogP contribution is -2.40. The number of nitrogens with zero attached hydrogens (tertiary/aromatic N) is 2. The molecule has 0 aliphatic carbocycles. The Morgan fingerprint density at radius 2 is 1.92 bits per heavy atom. The van der Waals surface area contributed by atoms with Crippen molar-refractivity contribution < 1.29 is 9.47 Å². The molecule has 0 atom stereocenters. The molecule has 24 heavy (non-hydrogen) atoms. The maximum absolute atomic E-state index is 5.50. The van der Waals surface area contributed by atoms with Crippen LogP contribution in [-0.4, -0.2) is 43.8 Å². The summed E-state index contributed by atoms with van der Waals surface area (Å²) in [5, 5.41) is 3.42. The fraction of sp³-hybridized carbons (Fsp3) is 0.611. The second-order valence-electron chi connectivity index (χ2n) is 6.82. The van der Waals surface area contributed by atoms with Gasteiger partial charge in [0.1, 0.15) is 0 Å². The molecule has 3 rings (SSSR count). The third kappa shape index (κ3) is 4.26. The molecule has 0 amide bonds. The Hall–Kier alpha value is -1.18. The Morgan fingerprint density at radius 1 is 1.21 bits per heavy atom. The Kier molecular flexibility index (Phi) is 6.60. The summed E-state index contributed by atoms with van der Waals surface area (Å²) >= 11 is 0. The summed E-state index contributed by atoms with van der Waals surface area (Å²) in [6.45, 7) is 10.7. The highest BCUT2D eigenvalue weighted by atomic mass is 127. The highest BCUT2D eigenvalue weighted by Gasteiger charge is 2.25. The molecule has 1 saturated heterocycles. The Balaban J connectivity index is 0.00000208. The number of benzene rings is 1. The van der Waals surface area contributed by atoms with Crippen molar-refractivity contribution in [3.05, 3.63) is 23.8 Å². The van der Waals surface area contributed by atoms with Crippen LogP contribution in [0.25, 0.3) is 0 Å². The standard InChI is InChI=1S/C18H27N3O2.HI/c1-4-19-17(21-9-5-6-10-21)20-12-18(2,3)14-7-8-15-16(11-14)23-13-22-15;/h7-8,11H,4-6,9-10,12-13H2,1-3H3,(H,19,20);1H. The first kappa shape index (κ1) is 19.1. The molecule has 134 valence electrons. The van der Waals surface area contributed by atoms with E-state index in [0.717, 1.165) is 43.6 Å². The number of fused-ring (bicyclic) bond motifs is 1. The van der Waals surface area contributed by atoms with Crippen molar-refractivity contribution in [2.75, 3.05) is 33.0 Å². The van der Waals surface area contributed by atoms with Gasteiger partial charge in [-0.2, -0.15) is 0 Å². The number of hydrogen-bond donors (Lipinski definition) is 1. The molecule has 1 aromatic rings. The fourth-order valence-electron chi connectivity index (χ4n) is 3.04. The summed E-state index contributed by atoms with van der Waals surface area (Å²) in [4.78, 5) is 7.26. The van der Waals surface area contributed by atoms with Gasteiger partial charge >= 0.3 is 0 Å². The maximum Gasteiger partial charge on any atom is 0.231 e. The maximum atomic E-state index is 5.50. The van der Waals surface area contributed by atoms with Gasteiger partial charge in [-0.1, -0.05) is 19.9 Å². The summed E-state index contributed by atoms with van der Waals surface area (Å²) in [7, 11) is 0. The lowest BCUT2D eigenvalue weighted by molar-refractivity contribution is 0.174.